The number of ether oxygens (including phenoxy) is 1. The SMILES string of the molecule is [N-]=[N+]=NC(=O)c1cc(=O)c(OCc2ccccc2)c[nH]1. The van der Waals surface area contributed by atoms with Crippen LogP contribution in [0.3, 0.4) is 0 Å². The van der Waals surface area contributed by atoms with Gasteiger partial charge in [0.2, 0.25) is 5.43 Å². The van der Waals surface area contributed by atoms with E-state index in [0.717, 1.165) is 11.6 Å². The summed E-state index contributed by atoms with van der Waals surface area (Å²) >= 11 is 0. The van der Waals surface area contributed by atoms with Crippen LogP contribution in [0.2, 0.25) is 0 Å². The van der Waals surface area contributed by atoms with Crippen LogP contribution >= 0.6 is 0 Å². The van der Waals surface area contributed by atoms with E-state index in [1.165, 1.54) is 6.20 Å². The van der Waals surface area contributed by atoms with Gasteiger partial charge in [-0.15, -0.1) is 0 Å². The lowest BCUT2D eigenvalue weighted by Gasteiger charge is -2.05. The number of aromatic nitrogens is 1. The minimum atomic E-state index is -0.848. The molecular formula is C13H10N4O3. The van der Waals surface area contributed by atoms with Crippen LogP contribution in [0.1, 0.15) is 16.1 Å². The average Bonchev–Trinajstić information content (AvgIpc) is 2.47. The largest absolute Gasteiger partial charge is 0.483 e. The molecule has 1 aromatic heterocycles. The molecule has 0 fully saturated rings. The lowest BCUT2D eigenvalue weighted by atomic mass is 10.2. The van der Waals surface area contributed by atoms with Gasteiger partial charge in [0.1, 0.15) is 6.61 Å². The number of benzene rings is 1. The van der Waals surface area contributed by atoms with Gasteiger partial charge in [-0.2, -0.15) is 0 Å². The van der Waals surface area contributed by atoms with E-state index in [2.05, 4.69) is 15.0 Å². The van der Waals surface area contributed by atoms with Gasteiger partial charge in [-0.25, -0.2) is 0 Å². The van der Waals surface area contributed by atoms with E-state index >= 15 is 0 Å². The Balaban J connectivity index is 2.12. The molecule has 1 amide bonds. The zero-order valence-corrected chi connectivity index (χ0v) is 10.3. The van der Waals surface area contributed by atoms with Gasteiger partial charge in [0.15, 0.2) is 5.75 Å². The number of nitrogens with one attached hydrogen (secondary N) is 1. The maximum atomic E-state index is 11.7. The lowest BCUT2D eigenvalue weighted by molar-refractivity contribution is 0.0995. The Hall–Kier alpha value is -3.05. The van der Waals surface area contributed by atoms with Crippen molar-refractivity contribution in [1.82, 2.24) is 4.98 Å². The first kappa shape index (κ1) is 13.4. The second-order valence-corrected chi connectivity index (χ2v) is 3.84. The molecule has 0 aliphatic rings. The van der Waals surface area contributed by atoms with Crippen LogP contribution in [-0.2, 0) is 6.61 Å². The molecular weight excluding hydrogens is 260 g/mol. The van der Waals surface area contributed by atoms with E-state index in [0.29, 0.717) is 0 Å². The highest BCUT2D eigenvalue weighted by Gasteiger charge is 2.08. The number of hydrogen-bond acceptors (Lipinski definition) is 3. The summed E-state index contributed by atoms with van der Waals surface area (Å²) in [4.78, 5) is 27.9. The highest BCUT2D eigenvalue weighted by Crippen LogP contribution is 2.07. The zero-order chi connectivity index (χ0) is 14.4. The number of aromatic amines is 1. The van der Waals surface area contributed by atoms with Gasteiger partial charge in [-0.1, -0.05) is 30.3 Å². The zero-order valence-electron chi connectivity index (χ0n) is 10.3. The van der Waals surface area contributed by atoms with Gasteiger partial charge >= 0.3 is 0 Å². The Morgan fingerprint density at radius 2 is 2.10 bits per heavy atom. The van der Waals surface area contributed by atoms with Gasteiger partial charge in [-0.05, 0) is 16.2 Å². The normalized spacial score (nSPS) is 9.60. The van der Waals surface area contributed by atoms with Crippen molar-refractivity contribution in [2.75, 3.05) is 0 Å². The Kier molecular flexibility index (Phi) is 4.16. The lowest BCUT2D eigenvalue weighted by Crippen LogP contribution is -2.11. The molecule has 100 valence electrons. The Labute approximate surface area is 113 Å². The monoisotopic (exact) mass is 270 g/mol. The summed E-state index contributed by atoms with van der Waals surface area (Å²) in [5.74, 6) is -0.759. The molecule has 2 rings (SSSR count). The van der Waals surface area contributed by atoms with Gasteiger partial charge in [0.05, 0.1) is 5.69 Å². The first-order valence-corrected chi connectivity index (χ1v) is 5.69. The summed E-state index contributed by atoms with van der Waals surface area (Å²) in [5, 5.41) is 2.89. The molecule has 2 aromatic rings. The first-order valence-electron chi connectivity index (χ1n) is 5.69. The summed E-state index contributed by atoms with van der Waals surface area (Å²) in [6, 6.07) is 10.4. The van der Waals surface area contributed by atoms with E-state index in [4.69, 9.17) is 10.3 Å². The number of pyridine rings is 1. The number of nitrogens with zero attached hydrogens (tertiary/aromatic N) is 3. The van der Waals surface area contributed by atoms with Crippen molar-refractivity contribution in [1.29, 1.82) is 0 Å². The van der Waals surface area contributed by atoms with Gasteiger partial charge in [0.25, 0.3) is 5.91 Å². The quantitative estimate of drug-likeness (QED) is 0.523. The maximum Gasteiger partial charge on any atom is 0.265 e. The standard InChI is InChI=1S/C13H10N4O3/c14-17-16-13(19)10-6-11(18)12(7-15-10)20-8-9-4-2-1-3-5-9/h1-7H,8H2,(H,15,18). The molecule has 1 aromatic carbocycles. The molecule has 1 heterocycles. The summed E-state index contributed by atoms with van der Waals surface area (Å²) in [6.45, 7) is 0.244. The number of H-pyrrole nitrogens is 1. The topological polar surface area (TPSA) is 108 Å². The van der Waals surface area contributed by atoms with E-state index in [1.54, 1.807) is 0 Å². The first-order chi connectivity index (χ1) is 9.70. The minimum absolute atomic E-state index is 0.0835. The molecule has 0 aliphatic carbocycles. The van der Waals surface area contributed by atoms with Crippen LogP contribution in [-0.4, -0.2) is 10.9 Å². The van der Waals surface area contributed by atoms with E-state index in [1.807, 2.05) is 30.3 Å². The molecule has 20 heavy (non-hydrogen) atoms. The molecule has 0 spiro atoms. The van der Waals surface area contributed by atoms with Crippen LogP contribution in [0.15, 0.2) is 52.5 Å². The summed E-state index contributed by atoms with van der Waals surface area (Å²) in [7, 11) is 0. The number of carbonyl (C=O) groups is 1. The molecule has 0 atom stereocenters. The smallest absolute Gasteiger partial charge is 0.265 e. The van der Waals surface area contributed by atoms with Crippen molar-refractivity contribution in [3.63, 3.8) is 0 Å². The van der Waals surface area contributed by atoms with Gasteiger partial charge in [-0.3, -0.25) is 9.59 Å². The fourth-order valence-electron chi connectivity index (χ4n) is 1.52. The Bertz CT molecular complexity index is 718. The molecule has 7 nitrogen and oxygen atoms in total. The summed E-state index contributed by atoms with van der Waals surface area (Å²) in [6.07, 6.45) is 1.27. The van der Waals surface area contributed by atoms with Crippen molar-refractivity contribution in [3.05, 3.63) is 74.5 Å². The second kappa shape index (κ2) is 6.21. The third kappa shape index (κ3) is 3.24. The van der Waals surface area contributed by atoms with E-state index < -0.39 is 11.3 Å². The predicted molar refractivity (Wildman–Crippen MR) is 71.3 cm³/mol. The number of amides is 1. The molecule has 1 N–H and O–H groups in total. The number of azide groups is 1. The van der Waals surface area contributed by atoms with E-state index in [9.17, 15) is 9.59 Å². The molecule has 0 saturated heterocycles. The fraction of sp³-hybridized carbons (Fsp3) is 0.0769. The molecule has 0 radical (unpaired) electrons. The van der Waals surface area contributed by atoms with Crippen molar-refractivity contribution >= 4 is 5.91 Å². The number of hydrogen-bond donors (Lipinski definition) is 1. The number of carbonyl (C=O) groups excluding carboxylic acids is 1. The maximum absolute atomic E-state index is 11.7. The number of rotatable bonds is 4. The Morgan fingerprint density at radius 3 is 2.75 bits per heavy atom. The predicted octanol–water partition coefficient (Wildman–Crippen LogP) is 2.40. The highest BCUT2D eigenvalue weighted by molar-refractivity contribution is 5.92. The average molecular weight is 270 g/mol. The third-order valence-electron chi connectivity index (χ3n) is 2.48. The highest BCUT2D eigenvalue weighted by atomic mass is 16.5. The van der Waals surface area contributed by atoms with Crippen molar-refractivity contribution in [2.24, 2.45) is 5.11 Å². The molecule has 0 unspecified atom stereocenters. The second-order valence-electron chi connectivity index (χ2n) is 3.84. The van der Waals surface area contributed by atoms with Crippen LogP contribution in [0.5, 0.6) is 5.75 Å². The summed E-state index contributed by atoms with van der Waals surface area (Å²) in [5.41, 5.74) is 8.53. The van der Waals surface area contributed by atoms with Crippen LogP contribution in [0.4, 0.5) is 0 Å². The van der Waals surface area contributed by atoms with Gasteiger partial charge < -0.3 is 9.72 Å². The third-order valence-corrected chi connectivity index (χ3v) is 2.48. The Morgan fingerprint density at radius 1 is 1.35 bits per heavy atom. The van der Waals surface area contributed by atoms with Crippen molar-refractivity contribution in [3.8, 4) is 5.75 Å². The van der Waals surface area contributed by atoms with Crippen LogP contribution < -0.4 is 10.2 Å². The van der Waals surface area contributed by atoms with Crippen molar-refractivity contribution in [2.45, 2.75) is 6.61 Å². The van der Waals surface area contributed by atoms with Crippen LogP contribution in [0, 0.1) is 0 Å². The fourth-order valence-corrected chi connectivity index (χ4v) is 1.52. The van der Waals surface area contributed by atoms with Gasteiger partial charge in [0, 0.05) is 17.2 Å². The molecule has 0 aliphatic heterocycles. The van der Waals surface area contributed by atoms with Crippen LogP contribution in [0.25, 0.3) is 10.4 Å². The van der Waals surface area contributed by atoms with E-state index in [-0.39, 0.29) is 18.1 Å². The summed E-state index contributed by atoms with van der Waals surface area (Å²) < 4.78 is 5.36. The molecule has 0 saturated carbocycles. The van der Waals surface area contributed by atoms with Crippen molar-refractivity contribution < 1.29 is 9.53 Å². The molecule has 7 heteroatoms. The molecule has 0 bridgehead atoms. The minimum Gasteiger partial charge on any atom is -0.483 e.